The van der Waals surface area contributed by atoms with Gasteiger partial charge in [-0.2, -0.15) is 0 Å². The molecule has 1 fully saturated rings. The minimum absolute atomic E-state index is 0.0776. The van der Waals surface area contributed by atoms with Gasteiger partial charge in [0, 0.05) is 6.54 Å². The number of amides is 1. The standard InChI is InChI=1S/C8H12N4OS/c1-8(2-3-9-5-8)11-7(13)6-4-10-12-14-6/h4,9H,2-3,5H2,1H3,(H,11,13). The normalized spacial score (nSPS) is 26.4. The Morgan fingerprint density at radius 3 is 3.21 bits per heavy atom. The summed E-state index contributed by atoms with van der Waals surface area (Å²) in [5.41, 5.74) is -0.124. The van der Waals surface area contributed by atoms with Gasteiger partial charge in [-0.1, -0.05) is 4.49 Å². The van der Waals surface area contributed by atoms with Gasteiger partial charge >= 0.3 is 0 Å². The fourth-order valence-electron chi connectivity index (χ4n) is 1.53. The minimum Gasteiger partial charge on any atom is -0.345 e. The monoisotopic (exact) mass is 212 g/mol. The van der Waals surface area contributed by atoms with Crippen LogP contribution in [-0.4, -0.2) is 34.1 Å². The van der Waals surface area contributed by atoms with E-state index in [1.165, 1.54) is 6.20 Å². The van der Waals surface area contributed by atoms with Crippen LogP contribution in [-0.2, 0) is 0 Å². The zero-order valence-corrected chi connectivity index (χ0v) is 8.73. The molecule has 1 saturated heterocycles. The van der Waals surface area contributed by atoms with Crippen molar-refractivity contribution >= 4 is 17.4 Å². The van der Waals surface area contributed by atoms with Crippen LogP contribution < -0.4 is 10.6 Å². The summed E-state index contributed by atoms with van der Waals surface area (Å²) < 4.78 is 3.66. The molecule has 1 atom stereocenters. The average Bonchev–Trinajstić information content (AvgIpc) is 2.74. The zero-order chi connectivity index (χ0) is 10.0. The molecule has 1 aromatic rings. The number of hydrogen-bond donors (Lipinski definition) is 2. The summed E-state index contributed by atoms with van der Waals surface area (Å²) >= 11 is 1.12. The first-order chi connectivity index (χ1) is 6.70. The highest BCUT2D eigenvalue weighted by Gasteiger charge is 2.30. The van der Waals surface area contributed by atoms with Gasteiger partial charge in [0.2, 0.25) is 0 Å². The number of rotatable bonds is 2. The van der Waals surface area contributed by atoms with E-state index in [-0.39, 0.29) is 11.4 Å². The highest BCUT2D eigenvalue weighted by atomic mass is 32.1. The van der Waals surface area contributed by atoms with Gasteiger partial charge in [0.15, 0.2) is 0 Å². The Kier molecular flexibility index (Phi) is 2.47. The van der Waals surface area contributed by atoms with Crippen molar-refractivity contribution < 1.29 is 4.79 Å². The second kappa shape index (κ2) is 3.62. The van der Waals surface area contributed by atoms with Gasteiger partial charge in [-0.25, -0.2) is 0 Å². The number of carbonyl (C=O) groups excluding carboxylic acids is 1. The molecule has 6 heteroatoms. The maximum Gasteiger partial charge on any atom is 0.265 e. The van der Waals surface area contributed by atoms with Crippen LogP contribution in [0, 0.1) is 0 Å². The summed E-state index contributed by atoms with van der Waals surface area (Å²) in [5, 5.41) is 9.84. The Morgan fingerprint density at radius 1 is 1.79 bits per heavy atom. The van der Waals surface area contributed by atoms with Crippen LogP contribution in [0.25, 0.3) is 0 Å². The Morgan fingerprint density at radius 2 is 2.64 bits per heavy atom. The molecule has 2 N–H and O–H groups in total. The van der Waals surface area contributed by atoms with Gasteiger partial charge in [0.25, 0.3) is 5.91 Å². The maximum atomic E-state index is 11.7. The van der Waals surface area contributed by atoms with Crippen molar-refractivity contribution in [2.75, 3.05) is 13.1 Å². The summed E-state index contributed by atoms with van der Waals surface area (Å²) in [6, 6.07) is 0. The van der Waals surface area contributed by atoms with E-state index < -0.39 is 0 Å². The van der Waals surface area contributed by atoms with Crippen LogP contribution in [0.3, 0.4) is 0 Å². The fraction of sp³-hybridized carbons (Fsp3) is 0.625. The first-order valence-corrected chi connectivity index (χ1v) is 5.28. The number of hydrogen-bond acceptors (Lipinski definition) is 5. The van der Waals surface area contributed by atoms with Crippen molar-refractivity contribution in [2.45, 2.75) is 18.9 Å². The molecule has 1 amide bonds. The molecule has 0 aliphatic carbocycles. The van der Waals surface area contributed by atoms with Crippen molar-refractivity contribution in [3.63, 3.8) is 0 Å². The Labute approximate surface area is 86.1 Å². The lowest BCUT2D eigenvalue weighted by atomic mass is 10.0. The Hall–Kier alpha value is -1.01. The third-order valence-corrected chi connectivity index (χ3v) is 3.03. The molecule has 1 aliphatic heterocycles. The molecule has 2 rings (SSSR count). The lowest BCUT2D eigenvalue weighted by Crippen LogP contribution is -2.47. The molecule has 0 radical (unpaired) electrons. The van der Waals surface area contributed by atoms with Crippen molar-refractivity contribution in [3.8, 4) is 0 Å². The molecule has 14 heavy (non-hydrogen) atoms. The summed E-state index contributed by atoms with van der Waals surface area (Å²) in [5.74, 6) is -0.0776. The first-order valence-electron chi connectivity index (χ1n) is 4.50. The largest absolute Gasteiger partial charge is 0.345 e. The summed E-state index contributed by atoms with van der Waals surface area (Å²) in [4.78, 5) is 12.2. The van der Waals surface area contributed by atoms with Gasteiger partial charge in [-0.3, -0.25) is 4.79 Å². The highest BCUT2D eigenvalue weighted by Crippen LogP contribution is 2.14. The fourth-order valence-corrected chi connectivity index (χ4v) is 1.94. The van der Waals surface area contributed by atoms with E-state index in [4.69, 9.17) is 0 Å². The minimum atomic E-state index is -0.124. The Balaban J connectivity index is 2.01. The highest BCUT2D eigenvalue weighted by molar-refractivity contribution is 7.07. The second-order valence-electron chi connectivity index (χ2n) is 3.72. The SMILES string of the molecule is CC1(NC(=O)c2cnns2)CCNC1. The van der Waals surface area contributed by atoms with Crippen molar-refractivity contribution in [3.05, 3.63) is 11.1 Å². The first kappa shape index (κ1) is 9.54. The number of nitrogens with one attached hydrogen (secondary N) is 2. The van der Waals surface area contributed by atoms with E-state index in [1.807, 2.05) is 6.92 Å². The topological polar surface area (TPSA) is 66.9 Å². The molecule has 0 saturated carbocycles. The van der Waals surface area contributed by atoms with Crippen molar-refractivity contribution in [2.24, 2.45) is 0 Å². The van der Waals surface area contributed by atoms with Crippen LogP contribution >= 0.6 is 11.5 Å². The van der Waals surface area contributed by atoms with E-state index in [0.29, 0.717) is 4.88 Å². The van der Waals surface area contributed by atoms with E-state index in [0.717, 1.165) is 31.0 Å². The number of nitrogens with zero attached hydrogens (tertiary/aromatic N) is 2. The third-order valence-electron chi connectivity index (χ3n) is 2.37. The number of carbonyl (C=O) groups is 1. The summed E-state index contributed by atoms with van der Waals surface area (Å²) in [6.45, 7) is 3.82. The molecule has 0 aromatic carbocycles. The van der Waals surface area contributed by atoms with Gasteiger partial charge in [0.1, 0.15) is 4.88 Å². The predicted octanol–water partition coefficient (Wildman–Crippen LogP) is 0.0199. The smallest absolute Gasteiger partial charge is 0.265 e. The number of aromatic nitrogens is 2. The molecule has 1 aliphatic rings. The van der Waals surface area contributed by atoms with Crippen LogP contribution in [0.5, 0.6) is 0 Å². The van der Waals surface area contributed by atoms with Crippen LogP contribution in [0.15, 0.2) is 6.20 Å². The zero-order valence-electron chi connectivity index (χ0n) is 7.91. The molecular weight excluding hydrogens is 200 g/mol. The Bertz CT molecular complexity index is 318. The van der Waals surface area contributed by atoms with Crippen molar-refractivity contribution in [1.82, 2.24) is 20.2 Å². The van der Waals surface area contributed by atoms with Gasteiger partial charge < -0.3 is 10.6 Å². The average molecular weight is 212 g/mol. The second-order valence-corrected chi connectivity index (χ2v) is 4.51. The predicted molar refractivity (Wildman–Crippen MR) is 53.3 cm³/mol. The quantitative estimate of drug-likeness (QED) is 0.725. The van der Waals surface area contributed by atoms with Crippen molar-refractivity contribution in [1.29, 1.82) is 0 Å². The molecule has 1 unspecified atom stereocenters. The van der Waals surface area contributed by atoms with E-state index in [1.54, 1.807) is 0 Å². The molecule has 1 aromatic heterocycles. The van der Waals surface area contributed by atoms with Crippen LogP contribution in [0.1, 0.15) is 23.0 Å². The van der Waals surface area contributed by atoms with E-state index >= 15 is 0 Å². The van der Waals surface area contributed by atoms with Gasteiger partial charge in [-0.05, 0) is 31.4 Å². The van der Waals surface area contributed by atoms with Gasteiger partial charge in [0.05, 0.1) is 11.7 Å². The lowest BCUT2D eigenvalue weighted by molar-refractivity contribution is 0.0917. The van der Waals surface area contributed by atoms with Crippen LogP contribution in [0.4, 0.5) is 0 Å². The summed E-state index contributed by atoms with van der Waals surface area (Å²) in [7, 11) is 0. The molecule has 5 nitrogen and oxygen atoms in total. The maximum absolute atomic E-state index is 11.7. The molecule has 0 spiro atoms. The molecule has 2 heterocycles. The van der Waals surface area contributed by atoms with Gasteiger partial charge in [-0.15, -0.1) is 5.10 Å². The van der Waals surface area contributed by atoms with E-state index in [2.05, 4.69) is 20.2 Å². The summed E-state index contributed by atoms with van der Waals surface area (Å²) in [6.07, 6.45) is 2.46. The molecular formula is C8H12N4OS. The lowest BCUT2D eigenvalue weighted by Gasteiger charge is -2.23. The van der Waals surface area contributed by atoms with E-state index in [9.17, 15) is 4.79 Å². The molecule has 76 valence electrons. The molecule has 0 bridgehead atoms. The van der Waals surface area contributed by atoms with Crippen LogP contribution in [0.2, 0.25) is 0 Å². The third kappa shape index (κ3) is 1.91.